The van der Waals surface area contributed by atoms with Crippen LogP contribution in [0.2, 0.25) is 0 Å². The van der Waals surface area contributed by atoms with Crippen LogP contribution in [0.5, 0.6) is 0 Å². The summed E-state index contributed by atoms with van der Waals surface area (Å²) >= 11 is 0.866. The van der Waals surface area contributed by atoms with E-state index in [-0.39, 0.29) is 0 Å². The maximum absolute atomic E-state index is 5.00. The Bertz CT molecular complexity index is 3330. The van der Waals surface area contributed by atoms with Crippen LogP contribution in [0.3, 0.4) is 0 Å². The summed E-state index contributed by atoms with van der Waals surface area (Å²) in [6, 6.07) is 69.4. The predicted octanol–water partition coefficient (Wildman–Crippen LogP) is 12.6. The fraction of sp³-hybridized carbons (Fsp3) is 0.0556. The van der Waals surface area contributed by atoms with Gasteiger partial charge in [-0.2, -0.15) is 0 Å². The van der Waals surface area contributed by atoms with E-state index in [1.54, 1.807) is 0 Å². The summed E-state index contributed by atoms with van der Waals surface area (Å²) < 4.78 is 4.89. The molecule has 0 saturated heterocycles. The van der Waals surface area contributed by atoms with Crippen molar-refractivity contribution in [2.24, 2.45) is 7.05 Å². The fourth-order valence-corrected chi connectivity index (χ4v) is 10.9. The summed E-state index contributed by atoms with van der Waals surface area (Å²) in [6.07, 6.45) is 0. The third-order valence-electron chi connectivity index (χ3n) is 12.3. The molecule has 0 spiro atoms. The SMILES string of the molecule is Cn1c2ccccc2c2ccc3c4cc(C(C)(c5ccccc5)c5ccccc5-c5ccc(-c6nc(-c7ccccc7)nc(-c7ccccc7)n6)cc5)ccc4[n]([Pb])c3c21. The van der Waals surface area contributed by atoms with Gasteiger partial charge in [-0.05, 0) is 0 Å². The summed E-state index contributed by atoms with van der Waals surface area (Å²) in [5.41, 5.74) is 13.6. The Morgan fingerprint density at radius 3 is 1.58 bits per heavy atom. The van der Waals surface area contributed by atoms with Gasteiger partial charge in [0.2, 0.25) is 0 Å². The molecular formula is C54H38N5Pb. The molecule has 60 heavy (non-hydrogen) atoms. The molecule has 1 atom stereocenters. The van der Waals surface area contributed by atoms with Crippen LogP contribution in [0.15, 0.2) is 194 Å². The van der Waals surface area contributed by atoms with Crippen molar-refractivity contribution in [1.82, 2.24) is 21.9 Å². The second-order valence-electron chi connectivity index (χ2n) is 15.7. The molecule has 3 aromatic heterocycles. The molecule has 0 amide bonds. The number of aromatic nitrogens is 5. The number of hydrogen-bond donors (Lipinski definition) is 0. The third-order valence-corrected chi connectivity index (χ3v) is 14.1. The van der Waals surface area contributed by atoms with E-state index in [0.29, 0.717) is 17.5 Å². The topological polar surface area (TPSA) is 48.5 Å². The first-order valence-electron chi connectivity index (χ1n) is 20.3. The molecule has 11 aromatic rings. The zero-order valence-electron chi connectivity index (χ0n) is 33.2. The van der Waals surface area contributed by atoms with E-state index < -0.39 is 5.41 Å². The van der Waals surface area contributed by atoms with Crippen molar-refractivity contribution >= 4 is 69.7 Å². The molecule has 0 aliphatic rings. The number of benzene rings is 8. The van der Waals surface area contributed by atoms with Crippen LogP contribution in [0.4, 0.5) is 0 Å². The Hall–Kier alpha value is -6.71. The minimum atomic E-state index is -0.475. The van der Waals surface area contributed by atoms with Crippen LogP contribution in [-0.2, 0) is 12.5 Å². The molecule has 3 radical (unpaired) electrons. The van der Waals surface area contributed by atoms with E-state index in [0.717, 1.165) is 48.3 Å². The van der Waals surface area contributed by atoms with Crippen molar-refractivity contribution in [2.75, 3.05) is 0 Å². The first-order chi connectivity index (χ1) is 29.5. The quantitative estimate of drug-likeness (QED) is 0.118. The summed E-state index contributed by atoms with van der Waals surface area (Å²) in [7, 11) is 2.21. The summed E-state index contributed by atoms with van der Waals surface area (Å²) in [6.45, 7) is 2.39. The average molecular weight is 964 g/mol. The van der Waals surface area contributed by atoms with Crippen LogP contribution < -0.4 is 0 Å². The molecule has 6 heteroatoms. The van der Waals surface area contributed by atoms with Gasteiger partial charge < -0.3 is 0 Å². The normalized spacial score (nSPS) is 12.7. The molecule has 0 saturated carbocycles. The van der Waals surface area contributed by atoms with Crippen molar-refractivity contribution in [3.8, 4) is 45.3 Å². The third kappa shape index (κ3) is 5.82. The number of fused-ring (bicyclic) bond motifs is 7. The fourth-order valence-electron chi connectivity index (χ4n) is 9.23. The maximum atomic E-state index is 5.00. The van der Waals surface area contributed by atoms with Gasteiger partial charge in [0.15, 0.2) is 17.5 Å². The molecule has 1 unspecified atom stereocenters. The van der Waals surface area contributed by atoms with Gasteiger partial charge in [0.1, 0.15) is 0 Å². The second kappa shape index (κ2) is 14.5. The van der Waals surface area contributed by atoms with E-state index in [2.05, 4.69) is 154 Å². The van der Waals surface area contributed by atoms with Crippen LogP contribution in [0.1, 0.15) is 23.6 Å². The number of hydrogen-bond acceptors (Lipinski definition) is 3. The number of para-hydroxylation sites is 1. The van der Waals surface area contributed by atoms with Crippen molar-refractivity contribution in [3.63, 3.8) is 0 Å². The zero-order chi connectivity index (χ0) is 40.4. The average Bonchev–Trinajstić information content (AvgIpc) is 3.78. The number of aryl methyl sites for hydroxylation is 1. The van der Waals surface area contributed by atoms with Crippen LogP contribution >= 0.6 is 0 Å². The van der Waals surface area contributed by atoms with Crippen LogP contribution in [0.25, 0.3) is 88.9 Å². The van der Waals surface area contributed by atoms with Gasteiger partial charge in [0, 0.05) is 11.1 Å². The van der Waals surface area contributed by atoms with Gasteiger partial charge in [0.25, 0.3) is 0 Å². The minimum absolute atomic E-state index is 0.475. The molecule has 3 heterocycles. The summed E-state index contributed by atoms with van der Waals surface area (Å²) in [5, 5.41) is 5.19. The molecule has 11 rings (SSSR count). The molecule has 0 aliphatic carbocycles. The van der Waals surface area contributed by atoms with E-state index in [1.807, 2.05) is 60.7 Å². The predicted molar refractivity (Wildman–Crippen MR) is 248 cm³/mol. The van der Waals surface area contributed by atoms with Gasteiger partial charge in [-0.15, -0.1) is 0 Å². The Labute approximate surface area is 364 Å². The molecule has 0 N–H and O–H groups in total. The summed E-state index contributed by atoms with van der Waals surface area (Å²) in [5.74, 6) is 1.95. The zero-order valence-corrected chi connectivity index (χ0v) is 37.1. The first-order valence-corrected chi connectivity index (χ1v) is 22.0. The Balaban J connectivity index is 1.05. The van der Waals surface area contributed by atoms with Gasteiger partial charge >= 0.3 is 263 Å². The molecule has 5 nitrogen and oxygen atoms in total. The monoisotopic (exact) mass is 964 g/mol. The van der Waals surface area contributed by atoms with E-state index in [1.165, 1.54) is 65.9 Å². The van der Waals surface area contributed by atoms with E-state index in [4.69, 9.17) is 15.0 Å². The van der Waals surface area contributed by atoms with Crippen LogP contribution in [0, 0.1) is 0 Å². The first kappa shape index (κ1) is 36.4. The molecule has 8 aromatic carbocycles. The molecule has 0 fully saturated rings. The van der Waals surface area contributed by atoms with Crippen molar-refractivity contribution in [1.29, 1.82) is 0 Å². The second-order valence-corrected chi connectivity index (χ2v) is 17.4. The summed E-state index contributed by atoms with van der Waals surface area (Å²) in [4.78, 5) is 14.9. The van der Waals surface area contributed by atoms with Crippen molar-refractivity contribution in [3.05, 3.63) is 211 Å². The van der Waals surface area contributed by atoms with Gasteiger partial charge in [-0.3, -0.25) is 0 Å². The molecular weight excluding hydrogens is 926 g/mol. The van der Waals surface area contributed by atoms with Crippen LogP contribution in [-0.4, -0.2) is 48.0 Å². The Morgan fingerprint density at radius 1 is 0.417 bits per heavy atom. The number of nitrogens with zero attached hydrogens (tertiary/aromatic N) is 5. The standard InChI is InChI=1S/C54H38N5.Pb/c1-54(39-20-10-5-11-21-39,40-30-33-47-45(34-40)43-31-32-44-42-23-13-15-25-48(42)59(2)50(44)49(43)55-47)46-24-14-12-22-41(46)35-26-28-38(29-27-35)53-57-51(36-16-6-3-7-17-36)56-52(58-53)37-18-8-4-9-19-37;/h3-34H,1-2H3;/q-1;+1. The Kier molecular flexibility index (Phi) is 8.81. The Morgan fingerprint density at radius 2 is 0.933 bits per heavy atom. The van der Waals surface area contributed by atoms with E-state index in [9.17, 15) is 0 Å². The molecule has 0 aliphatic heterocycles. The molecule has 283 valence electrons. The van der Waals surface area contributed by atoms with Gasteiger partial charge in [-0.1, -0.05) is 60.7 Å². The van der Waals surface area contributed by atoms with Gasteiger partial charge in [0.05, 0.1) is 0 Å². The number of rotatable bonds is 7. The van der Waals surface area contributed by atoms with Gasteiger partial charge in [-0.25, -0.2) is 15.0 Å². The van der Waals surface area contributed by atoms with Crippen molar-refractivity contribution in [2.45, 2.75) is 12.3 Å². The van der Waals surface area contributed by atoms with Crippen molar-refractivity contribution < 1.29 is 0 Å². The van der Waals surface area contributed by atoms with E-state index >= 15 is 0 Å². The molecule has 0 bridgehead atoms.